The van der Waals surface area contributed by atoms with E-state index in [4.69, 9.17) is 15.2 Å². The lowest BCUT2D eigenvalue weighted by Gasteiger charge is -2.33. The van der Waals surface area contributed by atoms with E-state index < -0.39 is 0 Å². The van der Waals surface area contributed by atoms with Crippen molar-refractivity contribution in [3.8, 4) is 17.6 Å². The molecule has 0 saturated carbocycles. The van der Waals surface area contributed by atoms with Crippen LogP contribution in [-0.4, -0.2) is 0 Å². The number of nitriles is 1. The van der Waals surface area contributed by atoms with Gasteiger partial charge in [0.1, 0.15) is 24.2 Å². The predicted octanol–water partition coefficient (Wildman–Crippen LogP) is 4.79. The van der Waals surface area contributed by atoms with Crippen molar-refractivity contribution in [1.29, 1.82) is 5.26 Å². The molecule has 4 rings (SSSR count). The molecule has 0 saturated heterocycles. The van der Waals surface area contributed by atoms with Crippen LogP contribution in [-0.2, 0) is 6.61 Å². The summed E-state index contributed by atoms with van der Waals surface area (Å²) in [6, 6.07) is 18.2. The lowest BCUT2D eigenvalue weighted by molar-refractivity contribution is 0.300. The highest BCUT2D eigenvalue weighted by Gasteiger charge is 2.35. The molecule has 2 aromatic carbocycles. The van der Waals surface area contributed by atoms with Gasteiger partial charge < -0.3 is 15.2 Å². The Balaban J connectivity index is 1.61. The number of nitrogens with zero attached hydrogens (tertiary/aromatic N) is 1. The van der Waals surface area contributed by atoms with Gasteiger partial charge in [-0.15, -0.1) is 0 Å². The van der Waals surface area contributed by atoms with Crippen molar-refractivity contribution in [2.75, 3.05) is 0 Å². The van der Waals surface area contributed by atoms with Crippen LogP contribution in [0.5, 0.6) is 11.5 Å². The minimum atomic E-state index is -0.0214. The molecular weight excluding hydrogens is 336 g/mol. The number of nitrogens with two attached hydrogens (primary N) is 1. The van der Waals surface area contributed by atoms with Crippen LogP contribution in [0.1, 0.15) is 36.3 Å². The molecule has 0 aromatic heterocycles. The minimum Gasteiger partial charge on any atom is -0.489 e. The molecule has 2 aliphatic rings. The van der Waals surface area contributed by atoms with E-state index in [1.165, 1.54) is 0 Å². The molecule has 1 heterocycles. The fourth-order valence-electron chi connectivity index (χ4n) is 3.91. The van der Waals surface area contributed by atoms with E-state index in [-0.39, 0.29) is 11.8 Å². The van der Waals surface area contributed by atoms with Crippen LogP contribution in [0, 0.1) is 17.2 Å². The van der Waals surface area contributed by atoms with Crippen molar-refractivity contribution < 1.29 is 9.47 Å². The van der Waals surface area contributed by atoms with Gasteiger partial charge >= 0.3 is 0 Å². The van der Waals surface area contributed by atoms with Crippen LogP contribution >= 0.6 is 0 Å². The fourth-order valence-corrected chi connectivity index (χ4v) is 3.91. The molecule has 1 aliphatic carbocycles. The first-order valence-electron chi connectivity index (χ1n) is 9.29. The van der Waals surface area contributed by atoms with Gasteiger partial charge in [-0.3, -0.25) is 0 Å². The molecule has 2 unspecified atom stereocenters. The summed E-state index contributed by atoms with van der Waals surface area (Å²) in [5, 5.41) is 9.64. The maximum atomic E-state index is 9.64. The van der Waals surface area contributed by atoms with Crippen molar-refractivity contribution in [3.05, 3.63) is 83.3 Å². The Hall–Kier alpha value is -3.19. The van der Waals surface area contributed by atoms with Gasteiger partial charge in [-0.2, -0.15) is 5.26 Å². The van der Waals surface area contributed by atoms with Crippen LogP contribution in [0.25, 0.3) is 0 Å². The third kappa shape index (κ3) is 3.54. The number of fused-ring (bicyclic) bond motifs is 1. The number of rotatable bonds is 4. The maximum absolute atomic E-state index is 9.64. The summed E-state index contributed by atoms with van der Waals surface area (Å²) in [6.07, 6.45) is 7.44. The number of hydrogen-bond donors (Lipinski definition) is 1. The van der Waals surface area contributed by atoms with Gasteiger partial charge in [-0.1, -0.05) is 48.6 Å². The van der Waals surface area contributed by atoms with E-state index in [0.717, 1.165) is 36.1 Å². The van der Waals surface area contributed by atoms with Crippen molar-refractivity contribution >= 4 is 0 Å². The zero-order valence-corrected chi connectivity index (χ0v) is 15.1. The number of ether oxygens (including phenoxy) is 2. The Kier molecular flexibility index (Phi) is 4.84. The summed E-state index contributed by atoms with van der Waals surface area (Å²) in [7, 11) is 0. The van der Waals surface area contributed by atoms with Gasteiger partial charge in [0.25, 0.3) is 0 Å². The average Bonchev–Trinajstić information content (AvgIpc) is 2.72. The molecule has 2 atom stereocenters. The maximum Gasteiger partial charge on any atom is 0.205 e. The summed E-state index contributed by atoms with van der Waals surface area (Å²) in [5.41, 5.74) is 8.76. The molecule has 1 aliphatic heterocycles. The third-order valence-electron chi connectivity index (χ3n) is 5.27. The van der Waals surface area contributed by atoms with Crippen molar-refractivity contribution in [2.45, 2.75) is 31.8 Å². The molecule has 0 radical (unpaired) electrons. The molecule has 27 heavy (non-hydrogen) atoms. The molecule has 0 bridgehead atoms. The summed E-state index contributed by atoms with van der Waals surface area (Å²) >= 11 is 0. The number of allylic oxidation sites excluding steroid dienone is 3. The van der Waals surface area contributed by atoms with Crippen molar-refractivity contribution in [2.24, 2.45) is 11.7 Å². The summed E-state index contributed by atoms with van der Waals surface area (Å²) in [6.45, 7) is 0.491. The molecule has 2 aromatic rings. The minimum absolute atomic E-state index is 0.0214. The van der Waals surface area contributed by atoms with E-state index in [2.05, 4.69) is 18.2 Å². The zero-order valence-electron chi connectivity index (χ0n) is 15.1. The zero-order chi connectivity index (χ0) is 18.6. The Labute approximate surface area is 159 Å². The Morgan fingerprint density at radius 1 is 1.15 bits per heavy atom. The molecule has 4 nitrogen and oxygen atoms in total. The lowest BCUT2D eigenvalue weighted by Crippen LogP contribution is -2.25. The van der Waals surface area contributed by atoms with Gasteiger partial charge in [0, 0.05) is 17.5 Å². The second-order valence-electron chi connectivity index (χ2n) is 6.99. The molecule has 0 amide bonds. The second-order valence-corrected chi connectivity index (χ2v) is 6.99. The standard InChI is InChI=1S/C23H22N2O2/c24-14-20-22(17-9-5-2-6-10-17)19-12-11-18(13-21(19)27-23(20)25)26-15-16-7-3-1-4-8-16/h1-5,7-8,11-13,17,22H,6,9-10,15,25H2. The highest BCUT2D eigenvalue weighted by molar-refractivity contribution is 5.53. The highest BCUT2D eigenvalue weighted by atomic mass is 16.5. The molecule has 2 N–H and O–H groups in total. The van der Waals surface area contributed by atoms with Gasteiger partial charge in [-0.05, 0) is 36.8 Å². The van der Waals surface area contributed by atoms with E-state index in [1.54, 1.807) is 0 Å². The quantitative estimate of drug-likeness (QED) is 0.798. The monoisotopic (exact) mass is 358 g/mol. The third-order valence-corrected chi connectivity index (χ3v) is 5.27. The summed E-state index contributed by atoms with van der Waals surface area (Å²) < 4.78 is 11.7. The number of benzene rings is 2. The van der Waals surface area contributed by atoms with E-state index in [9.17, 15) is 5.26 Å². The van der Waals surface area contributed by atoms with E-state index in [0.29, 0.717) is 23.8 Å². The molecule has 4 heteroatoms. The summed E-state index contributed by atoms with van der Waals surface area (Å²) in [5.74, 6) is 1.98. The second kappa shape index (κ2) is 7.59. The first-order valence-corrected chi connectivity index (χ1v) is 9.29. The van der Waals surface area contributed by atoms with Crippen LogP contribution in [0.15, 0.2) is 72.1 Å². The SMILES string of the molecule is N#CC1=C(N)Oc2cc(OCc3ccccc3)ccc2C1C1CC=CCC1. The van der Waals surface area contributed by atoms with Gasteiger partial charge in [0.2, 0.25) is 5.88 Å². The van der Waals surface area contributed by atoms with Crippen LogP contribution < -0.4 is 15.2 Å². The highest BCUT2D eigenvalue weighted by Crippen LogP contribution is 2.46. The largest absolute Gasteiger partial charge is 0.489 e. The predicted molar refractivity (Wildman–Crippen MR) is 104 cm³/mol. The normalized spacial score (nSPS) is 21.1. The Morgan fingerprint density at radius 2 is 2.00 bits per heavy atom. The van der Waals surface area contributed by atoms with E-state index >= 15 is 0 Å². The van der Waals surface area contributed by atoms with Crippen molar-refractivity contribution in [1.82, 2.24) is 0 Å². The Bertz CT molecular complexity index is 925. The van der Waals surface area contributed by atoms with Crippen molar-refractivity contribution in [3.63, 3.8) is 0 Å². The molecule has 0 fully saturated rings. The lowest BCUT2D eigenvalue weighted by atomic mass is 9.74. The first kappa shape index (κ1) is 17.2. The fraction of sp³-hybridized carbons (Fsp3) is 0.261. The summed E-state index contributed by atoms with van der Waals surface area (Å²) in [4.78, 5) is 0. The average molecular weight is 358 g/mol. The molecule has 136 valence electrons. The van der Waals surface area contributed by atoms with Gasteiger partial charge in [-0.25, -0.2) is 0 Å². The topological polar surface area (TPSA) is 68.3 Å². The van der Waals surface area contributed by atoms with Gasteiger partial charge in [0.05, 0.1) is 5.57 Å². The molecular formula is C23H22N2O2. The van der Waals surface area contributed by atoms with Crippen LogP contribution in [0.2, 0.25) is 0 Å². The van der Waals surface area contributed by atoms with Crippen LogP contribution in [0.4, 0.5) is 0 Å². The van der Waals surface area contributed by atoms with Gasteiger partial charge in [0.15, 0.2) is 0 Å². The van der Waals surface area contributed by atoms with Crippen LogP contribution in [0.3, 0.4) is 0 Å². The molecule has 0 spiro atoms. The smallest absolute Gasteiger partial charge is 0.205 e. The number of hydrogen-bond acceptors (Lipinski definition) is 4. The van der Waals surface area contributed by atoms with E-state index in [1.807, 2.05) is 48.5 Å². The first-order chi connectivity index (χ1) is 13.3. The Morgan fingerprint density at radius 3 is 2.74 bits per heavy atom.